The van der Waals surface area contributed by atoms with E-state index in [4.69, 9.17) is 4.42 Å². The predicted octanol–water partition coefficient (Wildman–Crippen LogP) is 5.65. The highest BCUT2D eigenvalue weighted by Gasteiger charge is 2.32. The Morgan fingerprint density at radius 3 is 2.48 bits per heavy atom. The summed E-state index contributed by atoms with van der Waals surface area (Å²) in [6, 6.07) is 18.4. The number of fused-ring (bicyclic) bond motifs is 1. The molecule has 3 aromatic carbocycles. The van der Waals surface area contributed by atoms with Crippen LogP contribution in [0.3, 0.4) is 0 Å². The highest BCUT2D eigenvalue weighted by Crippen LogP contribution is 2.31. The summed E-state index contributed by atoms with van der Waals surface area (Å²) in [7, 11) is 0. The van der Waals surface area contributed by atoms with Crippen LogP contribution in [0.25, 0.3) is 22.1 Å². The van der Waals surface area contributed by atoms with Crippen LogP contribution < -0.4 is 10.1 Å². The SMILES string of the molecule is O=C(Nc1ccccc1OC(F)(F)F)c1ncoc1-c1ccc2ccccc2c1. The average molecular weight is 398 g/mol. The number of aromatic nitrogens is 1. The van der Waals surface area contributed by atoms with E-state index in [0.29, 0.717) is 5.56 Å². The number of para-hydroxylation sites is 2. The maximum absolute atomic E-state index is 12.7. The number of amides is 1. The van der Waals surface area contributed by atoms with E-state index < -0.39 is 18.0 Å². The number of carbonyl (C=O) groups excluding carboxylic acids is 1. The van der Waals surface area contributed by atoms with Crippen LogP contribution in [0.4, 0.5) is 18.9 Å². The molecule has 0 atom stereocenters. The van der Waals surface area contributed by atoms with Crippen molar-refractivity contribution in [2.75, 3.05) is 5.32 Å². The summed E-state index contributed by atoms with van der Waals surface area (Å²) >= 11 is 0. The second-order valence-electron chi connectivity index (χ2n) is 6.09. The summed E-state index contributed by atoms with van der Waals surface area (Å²) < 4.78 is 47.1. The van der Waals surface area contributed by atoms with Gasteiger partial charge in [0.2, 0.25) is 0 Å². The highest BCUT2D eigenvalue weighted by molar-refractivity contribution is 6.07. The van der Waals surface area contributed by atoms with Crippen LogP contribution in [-0.2, 0) is 0 Å². The molecule has 0 unspecified atom stereocenters. The molecule has 4 rings (SSSR count). The molecular weight excluding hydrogens is 385 g/mol. The van der Waals surface area contributed by atoms with Gasteiger partial charge >= 0.3 is 6.36 Å². The summed E-state index contributed by atoms with van der Waals surface area (Å²) in [5.74, 6) is -1.04. The molecule has 29 heavy (non-hydrogen) atoms. The number of ether oxygens (including phenoxy) is 1. The number of oxazole rings is 1. The van der Waals surface area contributed by atoms with Crippen molar-refractivity contribution in [2.24, 2.45) is 0 Å². The van der Waals surface area contributed by atoms with Gasteiger partial charge in [-0.05, 0) is 29.0 Å². The van der Waals surface area contributed by atoms with E-state index in [0.717, 1.165) is 23.2 Å². The van der Waals surface area contributed by atoms with Crippen LogP contribution >= 0.6 is 0 Å². The Balaban J connectivity index is 1.64. The fraction of sp³-hybridized carbons (Fsp3) is 0.0476. The van der Waals surface area contributed by atoms with Crippen molar-refractivity contribution >= 4 is 22.4 Å². The van der Waals surface area contributed by atoms with Crippen LogP contribution in [0.2, 0.25) is 0 Å². The normalized spacial score (nSPS) is 11.4. The zero-order valence-corrected chi connectivity index (χ0v) is 14.7. The third-order valence-electron chi connectivity index (χ3n) is 4.16. The lowest BCUT2D eigenvalue weighted by molar-refractivity contribution is -0.274. The first kappa shape index (κ1) is 18.5. The number of anilines is 1. The minimum Gasteiger partial charge on any atom is -0.443 e. The zero-order chi connectivity index (χ0) is 20.4. The van der Waals surface area contributed by atoms with Crippen molar-refractivity contribution in [1.29, 1.82) is 0 Å². The molecule has 0 spiro atoms. The van der Waals surface area contributed by atoms with Crippen LogP contribution in [0.15, 0.2) is 77.5 Å². The summed E-state index contributed by atoms with van der Waals surface area (Å²) in [5, 5.41) is 4.35. The van der Waals surface area contributed by atoms with Gasteiger partial charge in [0.25, 0.3) is 5.91 Å². The number of hydrogen-bond acceptors (Lipinski definition) is 4. The Kier molecular flexibility index (Phi) is 4.67. The van der Waals surface area contributed by atoms with Crippen molar-refractivity contribution in [1.82, 2.24) is 4.98 Å². The first-order valence-electron chi connectivity index (χ1n) is 8.49. The molecule has 0 saturated heterocycles. The van der Waals surface area contributed by atoms with Gasteiger partial charge in [0, 0.05) is 5.56 Å². The summed E-state index contributed by atoms with van der Waals surface area (Å²) in [6.45, 7) is 0. The molecule has 0 aliphatic heterocycles. The minimum atomic E-state index is -4.88. The van der Waals surface area contributed by atoms with Gasteiger partial charge in [-0.1, -0.05) is 48.5 Å². The van der Waals surface area contributed by atoms with Crippen molar-refractivity contribution in [2.45, 2.75) is 6.36 Å². The lowest BCUT2D eigenvalue weighted by atomic mass is 10.0. The van der Waals surface area contributed by atoms with Gasteiger partial charge in [-0.15, -0.1) is 13.2 Å². The van der Waals surface area contributed by atoms with Gasteiger partial charge < -0.3 is 14.5 Å². The smallest absolute Gasteiger partial charge is 0.443 e. The maximum atomic E-state index is 12.7. The van der Waals surface area contributed by atoms with E-state index in [9.17, 15) is 18.0 Å². The largest absolute Gasteiger partial charge is 0.573 e. The summed E-state index contributed by atoms with van der Waals surface area (Å²) in [5.41, 5.74) is 0.426. The van der Waals surface area contributed by atoms with Gasteiger partial charge in [-0.2, -0.15) is 0 Å². The number of halogens is 3. The van der Waals surface area contributed by atoms with E-state index in [2.05, 4.69) is 15.0 Å². The Morgan fingerprint density at radius 2 is 1.69 bits per heavy atom. The summed E-state index contributed by atoms with van der Waals surface area (Å²) in [4.78, 5) is 16.6. The topological polar surface area (TPSA) is 64.4 Å². The molecule has 0 radical (unpaired) electrons. The molecule has 8 heteroatoms. The second kappa shape index (κ2) is 7.31. The summed E-state index contributed by atoms with van der Waals surface area (Å²) in [6.07, 6.45) is -3.78. The average Bonchev–Trinajstić information content (AvgIpc) is 3.18. The Bertz CT molecular complexity index is 1180. The van der Waals surface area contributed by atoms with Gasteiger partial charge in [0.05, 0.1) is 5.69 Å². The quantitative estimate of drug-likeness (QED) is 0.483. The van der Waals surface area contributed by atoms with E-state index in [1.165, 1.54) is 18.2 Å². The lowest BCUT2D eigenvalue weighted by Gasteiger charge is -2.13. The third-order valence-corrected chi connectivity index (χ3v) is 4.16. The number of nitrogens with one attached hydrogen (secondary N) is 1. The van der Waals surface area contributed by atoms with Crippen LogP contribution in [-0.4, -0.2) is 17.3 Å². The van der Waals surface area contributed by atoms with Gasteiger partial charge in [0.1, 0.15) is 0 Å². The van der Waals surface area contributed by atoms with E-state index in [1.807, 2.05) is 36.4 Å². The van der Waals surface area contributed by atoms with Crippen LogP contribution in [0.1, 0.15) is 10.5 Å². The third kappa shape index (κ3) is 4.06. The highest BCUT2D eigenvalue weighted by atomic mass is 19.4. The van der Waals surface area contributed by atoms with Crippen molar-refractivity contribution in [3.05, 3.63) is 78.8 Å². The number of nitrogens with zero attached hydrogens (tertiary/aromatic N) is 1. The Hall–Kier alpha value is -3.81. The Labute approximate surface area is 162 Å². The molecular formula is C21H13F3N2O3. The molecule has 1 heterocycles. The first-order valence-corrected chi connectivity index (χ1v) is 8.49. The number of carbonyl (C=O) groups is 1. The molecule has 0 bridgehead atoms. The van der Waals surface area contributed by atoms with Crippen molar-refractivity contribution < 1.29 is 27.1 Å². The monoisotopic (exact) mass is 398 g/mol. The maximum Gasteiger partial charge on any atom is 0.573 e. The number of alkyl halides is 3. The molecule has 146 valence electrons. The second-order valence-corrected chi connectivity index (χ2v) is 6.09. The van der Waals surface area contributed by atoms with Gasteiger partial charge in [-0.3, -0.25) is 4.79 Å². The molecule has 1 aromatic heterocycles. The van der Waals surface area contributed by atoms with E-state index >= 15 is 0 Å². The number of hydrogen-bond donors (Lipinski definition) is 1. The fourth-order valence-electron chi connectivity index (χ4n) is 2.91. The van der Waals surface area contributed by atoms with Crippen molar-refractivity contribution in [3.63, 3.8) is 0 Å². The molecule has 5 nitrogen and oxygen atoms in total. The molecule has 1 amide bonds. The Morgan fingerprint density at radius 1 is 0.966 bits per heavy atom. The molecule has 0 aliphatic carbocycles. The van der Waals surface area contributed by atoms with Crippen molar-refractivity contribution in [3.8, 4) is 17.1 Å². The predicted molar refractivity (Wildman–Crippen MR) is 101 cm³/mol. The van der Waals surface area contributed by atoms with Crippen LogP contribution in [0.5, 0.6) is 5.75 Å². The number of rotatable bonds is 4. The van der Waals surface area contributed by atoms with Gasteiger partial charge in [-0.25, -0.2) is 4.98 Å². The molecule has 0 aliphatic rings. The first-order chi connectivity index (χ1) is 13.9. The standard InChI is InChI=1S/C21H13F3N2O3/c22-21(23,24)29-17-8-4-3-7-16(17)26-20(27)18-19(28-12-25-18)15-10-9-13-5-1-2-6-14(13)11-15/h1-12H,(H,26,27). The zero-order valence-electron chi connectivity index (χ0n) is 14.7. The molecule has 4 aromatic rings. The molecule has 0 fully saturated rings. The lowest BCUT2D eigenvalue weighted by Crippen LogP contribution is -2.20. The van der Waals surface area contributed by atoms with Gasteiger partial charge in [0.15, 0.2) is 23.6 Å². The fourth-order valence-corrected chi connectivity index (χ4v) is 2.91. The van der Waals surface area contributed by atoms with Crippen LogP contribution in [0, 0.1) is 0 Å². The van der Waals surface area contributed by atoms with E-state index in [-0.39, 0.29) is 17.1 Å². The minimum absolute atomic E-state index is 0.0536. The van der Waals surface area contributed by atoms with E-state index in [1.54, 1.807) is 6.07 Å². The molecule has 0 saturated carbocycles. The molecule has 1 N–H and O–H groups in total. The number of benzene rings is 3.